The summed E-state index contributed by atoms with van der Waals surface area (Å²) in [6.07, 6.45) is 1.52. The second kappa shape index (κ2) is 10.8. The highest BCUT2D eigenvalue weighted by molar-refractivity contribution is 6.07. The molecular formula is C24H31N5O6. The number of oxime groups is 1. The number of nitrogens with zero attached hydrogens (tertiary/aromatic N) is 3. The summed E-state index contributed by atoms with van der Waals surface area (Å²) >= 11 is 0. The van der Waals surface area contributed by atoms with Gasteiger partial charge in [-0.3, -0.25) is 14.3 Å². The maximum Gasteiger partial charge on any atom is 0.269 e. The molecule has 11 heteroatoms. The summed E-state index contributed by atoms with van der Waals surface area (Å²) in [7, 11) is 3.16. The monoisotopic (exact) mass is 485 g/mol. The summed E-state index contributed by atoms with van der Waals surface area (Å²) in [5.41, 5.74) is 3.02. The molecule has 0 saturated carbocycles. The molecule has 1 fully saturated rings. The number of anilines is 1. The molecule has 3 heterocycles. The predicted molar refractivity (Wildman–Crippen MR) is 128 cm³/mol. The van der Waals surface area contributed by atoms with E-state index in [0.717, 1.165) is 36.3 Å². The summed E-state index contributed by atoms with van der Waals surface area (Å²) in [4.78, 5) is 30.5. The lowest BCUT2D eigenvalue weighted by Crippen LogP contribution is -2.34. The molecule has 0 radical (unpaired) electrons. The molecular weight excluding hydrogens is 454 g/mol. The van der Waals surface area contributed by atoms with E-state index in [1.807, 2.05) is 19.9 Å². The molecule has 2 aliphatic rings. The Labute approximate surface area is 203 Å². The Morgan fingerprint density at radius 2 is 1.97 bits per heavy atom. The van der Waals surface area contributed by atoms with Gasteiger partial charge in [0.1, 0.15) is 18.0 Å². The average Bonchev–Trinajstić information content (AvgIpc) is 3.60. The standard InChI is InChI=1S/C24H31N5O6/c1-14-8-17(20(33-4)11-19(14)32-3)18-10-21(35-28-18)24(31)26-22-9-15(2)29(27-22)13-23(30)25-12-16-6-5-7-34-16/h8-9,11,16,21H,5-7,10,12-13H2,1-4H3,(H,25,30)(H,26,27,31). The van der Waals surface area contributed by atoms with Crippen LogP contribution in [0.15, 0.2) is 23.4 Å². The van der Waals surface area contributed by atoms with Gasteiger partial charge in [0.25, 0.3) is 5.91 Å². The van der Waals surface area contributed by atoms with Crippen molar-refractivity contribution in [3.8, 4) is 11.5 Å². The zero-order valence-electron chi connectivity index (χ0n) is 20.4. The van der Waals surface area contributed by atoms with E-state index in [-0.39, 0.29) is 30.9 Å². The maximum atomic E-state index is 12.8. The molecule has 0 aliphatic carbocycles. The number of carbonyl (C=O) groups is 2. The number of nitrogens with one attached hydrogen (secondary N) is 2. The van der Waals surface area contributed by atoms with Crippen molar-refractivity contribution in [3.05, 3.63) is 35.0 Å². The van der Waals surface area contributed by atoms with E-state index >= 15 is 0 Å². The smallest absolute Gasteiger partial charge is 0.269 e. The van der Waals surface area contributed by atoms with Crippen LogP contribution in [-0.4, -0.2) is 66.9 Å². The highest BCUT2D eigenvalue weighted by Crippen LogP contribution is 2.31. The van der Waals surface area contributed by atoms with Crippen molar-refractivity contribution in [1.29, 1.82) is 0 Å². The van der Waals surface area contributed by atoms with E-state index < -0.39 is 6.10 Å². The number of carbonyl (C=O) groups excluding carboxylic acids is 2. The largest absolute Gasteiger partial charge is 0.496 e. The number of hydrogen-bond acceptors (Lipinski definition) is 8. The zero-order chi connectivity index (χ0) is 24.9. The van der Waals surface area contributed by atoms with Crippen LogP contribution in [0.5, 0.6) is 11.5 Å². The molecule has 2 amide bonds. The SMILES string of the molecule is COc1cc(OC)c(C2=NOC(C(=O)Nc3cc(C)n(CC(=O)NCC4CCCO4)n3)C2)cc1C. The van der Waals surface area contributed by atoms with Crippen molar-refractivity contribution in [3.63, 3.8) is 0 Å². The number of aromatic nitrogens is 2. The first-order valence-corrected chi connectivity index (χ1v) is 11.6. The summed E-state index contributed by atoms with van der Waals surface area (Å²) in [6.45, 7) is 5.03. The van der Waals surface area contributed by atoms with Gasteiger partial charge in [-0.25, -0.2) is 0 Å². The van der Waals surface area contributed by atoms with Gasteiger partial charge in [-0.2, -0.15) is 5.10 Å². The molecule has 4 rings (SSSR count). The van der Waals surface area contributed by atoms with Crippen molar-refractivity contribution in [1.82, 2.24) is 15.1 Å². The molecule has 0 bridgehead atoms. The quantitative estimate of drug-likeness (QED) is 0.556. The van der Waals surface area contributed by atoms with Crippen molar-refractivity contribution < 1.29 is 28.6 Å². The van der Waals surface area contributed by atoms with Crippen molar-refractivity contribution in [2.75, 3.05) is 32.7 Å². The highest BCUT2D eigenvalue weighted by Gasteiger charge is 2.31. The maximum absolute atomic E-state index is 12.8. The van der Waals surface area contributed by atoms with E-state index in [9.17, 15) is 9.59 Å². The van der Waals surface area contributed by atoms with Gasteiger partial charge in [0.05, 0.1) is 26.0 Å². The molecule has 2 atom stereocenters. The molecule has 2 unspecified atom stereocenters. The molecule has 2 N–H and O–H groups in total. The van der Waals surface area contributed by atoms with E-state index in [2.05, 4.69) is 20.9 Å². The number of ether oxygens (including phenoxy) is 3. The lowest BCUT2D eigenvalue weighted by molar-refractivity contribution is -0.125. The van der Waals surface area contributed by atoms with Crippen molar-refractivity contribution in [2.24, 2.45) is 5.16 Å². The van der Waals surface area contributed by atoms with E-state index in [1.54, 1.807) is 31.0 Å². The molecule has 2 aliphatic heterocycles. The third kappa shape index (κ3) is 5.73. The molecule has 11 nitrogen and oxygen atoms in total. The minimum absolute atomic E-state index is 0.0538. The molecule has 0 spiro atoms. The van der Waals surface area contributed by atoms with Gasteiger partial charge in [-0.05, 0) is 38.3 Å². The van der Waals surface area contributed by atoms with Crippen LogP contribution in [0, 0.1) is 13.8 Å². The Morgan fingerprint density at radius 3 is 2.69 bits per heavy atom. The number of aryl methyl sites for hydroxylation is 2. The summed E-state index contributed by atoms with van der Waals surface area (Å²) in [6, 6.07) is 5.39. The first kappa shape index (κ1) is 24.5. The van der Waals surface area contributed by atoms with Crippen molar-refractivity contribution in [2.45, 2.75) is 51.9 Å². The van der Waals surface area contributed by atoms with Crippen LogP contribution in [-0.2, 0) is 25.7 Å². The minimum Gasteiger partial charge on any atom is -0.496 e. The fourth-order valence-corrected chi connectivity index (χ4v) is 4.12. The first-order chi connectivity index (χ1) is 16.9. The average molecular weight is 486 g/mol. The molecule has 1 saturated heterocycles. The van der Waals surface area contributed by atoms with Crippen LogP contribution in [0.1, 0.15) is 36.1 Å². The molecule has 35 heavy (non-hydrogen) atoms. The summed E-state index contributed by atoms with van der Waals surface area (Å²) < 4.78 is 17.9. The van der Waals surface area contributed by atoms with E-state index in [0.29, 0.717) is 29.6 Å². The first-order valence-electron chi connectivity index (χ1n) is 11.6. The Morgan fingerprint density at radius 1 is 1.17 bits per heavy atom. The normalized spacial score (nSPS) is 19.1. The number of methoxy groups -OCH3 is 2. The second-order valence-electron chi connectivity index (χ2n) is 8.62. The van der Waals surface area contributed by atoms with Crippen molar-refractivity contribution >= 4 is 23.3 Å². The highest BCUT2D eigenvalue weighted by atomic mass is 16.6. The van der Waals surface area contributed by atoms with Gasteiger partial charge in [0, 0.05) is 43.0 Å². The Bertz CT molecular complexity index is 1120. The van der Waals surface area contributed by atoms with Crippen LogP contribution in [0.2, 0.25) is 0 Å². The van der Waals surface area contributed by atoms with E-state index in [4.69, 9.17) is 19.0 Å². The zero-order valence-corrected chi connectivity index (χ0v) is 20.4. The number of hydrogen-bond donors (Lipinski definition) is 2. The van der Waals surface area contributed by atoms with Crippen LogP contribution < -0.4 is 20.1 Å². The fourth-order valence-electron chi connectivity index (χ4n) is 4.12. The lowest BCUT2D eigenvalue weighted by Gasteiger charge is -2.12. The third-order valence-electron chi connectivity index (χ3n) is 6.07. The van der Waals surface area contributed by atoms with Gasteiger partial charge in [0.2, 0.25) is 12.0 Å². The lowest BCUT2D eigenvalue weighted by atomic mass is 10.0. The number of rotatable bonds is 9. The second-order valence-corrected chi connectivity index (χ2v) is 8.62. The van der Waals surface area contributed by atoms with E-state index in [1.165, 1.54) is 0 Å². The third-order valence-corrected chi connectivity index (χ3v) is 6.07. The Kier molecular flexibility index (Phi) is 7.54. The minimum atomic E-state index is -0.808. The molecule has 1 aromatic carbocycles. The Balaban J connectivity index is 1.33. The Hall–Kier alpha value is -3.60. The van der Waals surface area contributed by atoms with Gasteiger partial charge in [-0.1, -0.05) is 5.16 Å². The number of amides is 2. The summed E-state index contributed by atoms with van der Waals surface area (Å²) in [5.74, 6) is 1.09. The summed E-state index contributed by atoms with van der Waals surface area (Å²) in [5, 5.41) is 14.1. The van der Waals surface area contributed by atoms with Gasteiger partial charge >= 0.3 is 0 Å². The topological polar surface area (TPSA) is 125 Å². The molecule has 188 valence electrons. The molecule has 1 aromatic heterocycles. The van der Waals surface area contributed by atoms with Gasteiger partial charge in [0.15, 0.2) is 5.82 Å². The predicted octanol–water partition coefficient (Wildman–Crippen LogP) is 1.94. The fraction of sp³-hybridized carbons (Fsp3) is 0.500. The number of benzene rings is 1. The molecule has 2 aromatic rings. The van der Waals surface area contributed by atoms with Crippen LogP contribution >= 0.6 is 0 Å². The van der Waals surface area contributed by atoms with Crippen LogP contribution in [0.25, 0.3) is 0 Å². The van der Waals surface area contributed by atoms with Crippen LogP contribution in [0.4, 0.5) is 5.82 Å². The van der Waals surface area contributed by atoms with Crippen LogP contribution in [0.3, 0.4) is 0 Å². The van der Waals surface area contributed by atoms with Gasteiger partial charge in [-0.15, -0.1) is 0 Å². The van der Waals surface area contributed by atoms with Gasteiger partial charge < -0.3 is 29.7 Å².